The molecule has 1 aromatic carbocycles. The third-order valence-electron chi connectivity index (χ3n) is 2.62. The lowest BCUT2D eigenvalue weighted by atomic mass is 10.1. The molecule has 0 spiro atoms. The van der Waals surface area contributed by atoms with E-state index in [1.807, 2.05) is 27.7 Å². The summed E-state index contributed by atoms with van der Waals surface area (Å²) >= 11 is 0. The van der Waals surface area contributed by atoms with Crippen LogP contribution in [0.4, 0.5) is 13.2 Å². The Morgan fingerprint density at radius 1 is 0.857 bits per heavy atom. The third-order valence-corrected chi connectivity index (χ3v) is 3.15. The van der Waals surface area contributed by atoms with Crippen molar-refractivity contribution in [3.63, 3.8) is 0 Å². The fourth-order valence-electron chi connectivity index (χ4n) is 1.86. The molecule has 0 N–H and O–H groups in total. The average molecular weight is 322 g/mol. The van der Waals surface area contributed by atoms with Gasteiger partial charge in [0.15, 0.2) is 10.5 Å². The van der Waals surface area contributed by atoms with Gasteiger partial charge in [-0.25, -0.2) is 0 Å². The summed E-state index contributed by atoms with van der Waals surface area (Å²) in [6, 6.07) is 4.65. The smallest absolute Gasteiger partial charge is 0.376 e. The molecule has 120 valence electrons. The molecule has 0 atom stereocenters. The SMILES string of the molecule is CC(C)OC(O[SiH3])(OC(C)C)c1ccc(C(F)(F)F)cc1. The van der Waals surface area contributed by atoms with E-state index in [0.717, 1.165) is 12.1 Å². The van der Waals surface area contributed by atoms with Gasteiger partial charge in [0, 0.05) is 5.56 Å². The van der Waals surface area contributed by atoms with Crippen molar-refractivity contribution in [3.05, 3.63) is 35.4 Å². The van der Waals surface area contributed by atoms with Crippen molar-refractivity contribution in [1.29, 1.82) is 0 Å². The van der Waals surface area contributed by atoms with Gasteiger partial charge in [-0.3, -0.25) is 0 Å². The van der Waals surface area contributed by atoms with Gasteiger partial charge in [-0.2, -0.15) is 13.2 Å². The summed E-state index contributed by atoms with van der Waals surface area (Å²) in [6.45, 7) is 7.23. The number of alkyl halides is 3. The van der Waals surface area contributed by atoms with Crippen molar-refractivity contribution in [3.8, 4) is 0 Å². The van der Waals surface area contributed by atoms with Crippen LogP contribution in [0.1, 0.15) is 38.8 Å². The maximum atomic E-state index is 12.6. The number of benzene rings is 1. The average Bonchev–Trinajstić information content (AvgIpc) is 2.35. The summed E-state index contributed by atoms with van der Waals surface area (Å²) in [5, 5.41) is 0. The molecule has 0 saturated heterocycles. The second kappa shape index (κ2) is 6.91. The van der Waals surface area contributed by atoms with E-state index in [1.165, 1.54) is 12.1 Å². The van der Waals surface area contributed by atoms with Crippen LogP contribution in [0.15, 0.2) is 24.3 Å². The predicted octanol–water partition coefficient (Wildman–Crippen LogP) is 2.96. The second-order valence-electron chi connectivity index (χ2n) is 5.17. The molecular weight excluding hydrogens is 301 g/mol. The van der Waals surface area contributed by atoms with Crippen LogP contribution in [-0.4, -0.2) is 22.7 Å². The summed E-state index contributed by atoms with van der Waals surface area (Å²) in [6.07, 6.45) is -4.79. The maximum Gasteiger partial charge on any atom is 0.416 e. The van der Waals surface area contributed by atoms with Crippen LogP contribution in [0.25, 0.3) is 0 Å². The van der Waals surface area contributed by atoms with Crippen molar-refractivity contribution < 1.29 is 27.1 Å². The first-order valence-electron chi connectivity index (χ1n) is 6.69. The Morgan fingerprint density at radius 2 is 1.24 bits per heavy atom. The molecule has 0 aliphatic carbocycles. The van der Waals surface area contributed by atoms with E-state index in [0.29, 0.717) is 16.0 Å². The second-order valence-corrected chi connectivity index (χ2v) is 5.58. The number of rotatable bonds is 6. The van der Waals surface area contributed by atoms with Crippen LogP contribution >= 0.6 is 0 Å². The Bertz CT molecular complexity index is 434. The highest BCUT2D eigenvalue weighted by Gasteiger charge is 2.38. The van der Waals surface area contributed by atoms with E-state index in [4.69, 9.17) is 13.9 Å². The molecule has 0 saturated carbocycles. The first-order chi connectivity index (χ1) is 9.60. The molecule has 0 fully saturated rings. The van der Waals surface area contributed by atoms with Crippen LogP contribution < -0.4 is 0 Å². The summed E-state index contributed by atoms with van der Waals surface area (Å²) in [4.78, 5) is 0. The zero-order chi connectivity index (χ0) is 16.3. The Balaban J connectivity index is 3.19. The summed E-state index contributed by atoms with van der Waals surface area (Å²) in [5.74, 6) is -1.46. The minimum absolute atomic E-state index is 0.208. The van der Waals surface area contributed by atoms with E-state index < -0.39 is 17.7 Å². The highest BCUT2D eigenvalue weighted by atomic mass is 28.2. The molecule has 0 bridgehead atoms. The minimum Gasteiger partial charge on any atom is -0.376 e. The minimum atomic E-state index is -4.37. The Morgan fingerprint density at radius 3 is 1.52 bits per heavy atom. The van der Waals surface area contributed by atoms with E-state index in [1.54, 1.807) is 0 Å². The molecule has 0 amide bonds. The number of ether oxygens (including phenoxy) is 2. The third kappa shape index (κ3) is 4.81. The van der Waals surface area contributed by atoms with Gasteiger partial charge in [-0.1, -0.05) is 12.1 Å². The number of halogens is 3. The molecule has 1 rings (SSSR count). The highest BCUT2D eigenvalue weighted by Crippen LogP contribution is 2.34. The van der Waals surface area contributed by atoms with Crippen LogP contribution in [-0.2, 0) is 26.0 Å². The van der Waals surface area contributed by atoms with Gasteiger partial charge in [0.05, 0.1) is 17.8 Å². The first-order valence-corrected chi connectivity index (χ1v) is 7.51. The number of hydrogen-bond donors (Lipinski definition) is 0. The van der Waals surface area contributed by atoms with Gasteiger partial charge in [0.2, 0.25) is 0 Å². The molecule has 0 unspecified atom stereocenters. The maximum absolute atomic E-state index is 12.6. The largest absolute Gasteiger partial charge is 0.416 e. The van der Waals surface area contributed by atoms with Gasteiger partial charge in [0.1, 0.15) is 0 Å². The quantitative estimate of drug-likeness (QED) is 0.595. The highest BCUT2D eigenvalue weighted by molar-refractivity contribution is 5.98. The van der Waals surface area contributed by atoms with Crippen molar-refractivity contribution in [2.24, 2.45) is 0 Å². The molecule has 0 heterocycles. The molecule has 0 aromatic heterocycles. The zero-order valence-corrected chi connectivity index (χ0v) is 14.8. The van der Waals surface area contributed by atoms with Crippen molar-refractivity contribution in [2.75, 3.05) is 0 Å². The number of hydrogen-bond acceptors (Lipinski definition) is 3. The Kier molecular flexibility index (Phi) is 5.98. The molecular formula is C14H21F3O3Si. The summed E-state index contributed by atoms with van der Waals surface area (Å²) in [5.41, 5.74) is -0.310. The molecule has 0 aliphatic rings. The molecule has 7 heteroatoms. The van der Waals surface area contributed by atoms with Gasteiger partial charge in [-0.15, -0.1) is 0 Å². The molecule has 3 nitrogen and oxygen atoms in total. The van der Waals surface area contributed by atoms with Crippen LogP contribution in [0, 0.1) is 0 Å². The lowest BCUT2D eigenvalue weighted by Gasteiger charge is -2.36. The lowest BCUT2D eigenvalue weighted by molar-refractivity contribution is -0.378. The van der Waals surface area contributed by atoms with E-state index in [-0.39, 0.29) is 12.2 Å². The summed E-state index contributed by atoms with van der Waals surface area (Å²) < 4.78 is 54.8. The fraction of sp³-hybridized carbons (Fsp3) is 0.571. The topological polar surface area (TPSA) is 27.7 Å². The first kappa shape index (κ1) is 18.2. The van der Waals surface area contributed by atoms with Gasteiger partial charge in [0.25, 0.3) is 0 Å². The van der Waals surface area contributed by atoms with Crippen molar-refractivity contribution >= 4 is 10.5 Å². The van der Waals surface area contributed by atoms with Crippen molar-refractivity contribution in [2.45, 2.75) is 52.1 Å². The van der Waals surface area contributed by atoms with Crippen molar-refractivity contribution in [1.82, 2.24) is 0 Å². The van der Waals surface area contributed by atoms with E-state index in [9.17, 15) is 13.2 Å². The van der Waals surface area contributed by atoms with Crippen LogP contribution in [0.3, 0.4) is 0 Å². The van der Waals surface area contributed by atoms with Gasteiger partial charge in [-0.05, 0) is 39.8 Å². The molecule has 21 heavy (non-hydrogen) atoms. The normalized spacial score (nSPS) is 13.4. The van der Waals surface area contributed by atoms with Crippen LogP contribution in [0.2, 0.25) is 0 Å². The van der Waals surface area contributed by atoms with Gasteiger partial charge >= 0.3 is 12.1 Å². The molecule has 1 aromatic rings. The van der Waals surface area contributed by atoms with Crippen LogP contribution in [0.5, 0.6) is 0 Å². The summed E-state index contributed by atoms with van der Waals surface area (Å²) in [7, 11) is 0.309. The van der Waals surface area contributed by atoms with E-state index in [2.05, 4.69) is 0 Å². The Labute approximate surface area is 125 Å². The Hall–Kier alpha value is -0.893. The lowest BCUT2D eigenvalue weighted by Crippen LogP contribution is -2.40. The van der Waals surface area contributed by atoms with Gasteiger partial charge < -0.3 is 13.9 Å². The standard InChI is InChI=1S/C14H21F3O3Si/c1-9(2)18-14(20-21,19-10(3)4)12-7-5-11(6-8-12)13(15,16)17/h5-10H,1-4,21H3. The molecule has 0 radical (unpaired) electrons. The monoisotopic (exact) mass is 322 g/mol. The fourth-order valence-corrected chi connectivity index (χ4v) is 2.29. The zero-order valence-electron chi connectivity index (χ0n) is 12.8. The van der Waals surface area contributed by atoms with E-state index >= 15 is 0 Å². The molecule has 0 aliphatic heterocycles. The predicted molar refractivity (Wildman–Crippen MR) is 76.6 cm³/mol.